The SMILES string of the molecule is CCC(C)(C)NC(=O)CN(C1CCCCC1)C1(Cc2cccc(Cl)c2)C(=O)Nc2cc(Cl)ccc21. The molecule has 5 nitrogen and oxygen atoms in total. The number of hydrogen-bond donors (Lipinski definition) is 2. The van der Waals surface area contributed by atoms with Gasteiger partial charge in [-0.25, -0.2) is 0 Å². The maximum Gasteiger partial charge on any atom is 0.249 e. The second-order valence-electron chi connectivity index (χ2n) is 10.5. The molecule has 1 fully saturated rings. The zero-order valence-electron chi connectivity index (χ0n) is 20.8. The summed E-state index contributed by atoms with van der Waals surface area (Å²) in [7, 11) is 0. The van der Waals surface area contributed by atoms with E-state index >= 15 is 0 Å². The van der Waals surface area contributed by atoms with Gasteiger partial charge in [-0.1, -0.05) is 67.6 Å². The Labute approximate surface area is 218 Å². The van der Waals surface area contributed by atoms with Crippen LogP contribution in [0.15, 0.2) is 42.5 Å². The van der Waals surface area contributed by atoms with E-state index in [-0.39, 0.29) is 29.9 Å². The molecule has 0 spiro atoms. The Morgan fingerprint density at radius 1 is 1.11 bits per heavy atom. The molecule has 1 saturated carbocycles. The highest BCUT2D eigenvalue weighted by atomic mass is 35.5. The number of carbonyl (C=O) groups is 2. The topological polar surface area (TPSA) is 61.4 Å². The molecule has 4 rings (SSSR count). The van der Waals surface area contributed by atoms with E-state index in [4.69, 9.17) is 23.2 Å². The molecule has 0 saturated heterocycles. The van der Waals surface area contributed by atoms with Gasteiger partial charge in [-0.05, 0) is 62.9 Å². The molecule has 35 heavy (non-hydrogen) atoms. The molecule has 0 aromatic heterocycles. The van der Waals surface area contributed by atoms with E-state index < -0.39 is 5.54 Å². The quantitative estimate of drug-likeness (QED) is 0.432. The van der Waals surface area contributed by atoms with Crippen LogP contribution in [0.2, 0.25) is 10.0 Å². The van der Waals surface area contributed by atoms with Gasteiger partial charge in [0.25, 0.3) is 0 Å². The number of fused-ring (bicyclic) bond motifs is 1. The highest BCUT2D eigenvalue weighted by Gasteiger charge is 2.53. The van der Waals surface area contributed by atoms with Crippen molar-refractivity contribution >= 4 is 40.7 Å². The van der Waals surface area contributed by atoms with Gasteiger partial charge in [-0.2, -0.15) is 0 Å². The van der Waals surface area contributed by atoms with Gasteiger partial charge in [0.2, 0.25) is 11.8 Å². The Morgan fingerprint density at radius 3 is 2.51 bits per heavy atom. The number of amides is 2. The van der Waals surface area contributed by atoms with Crippen LogP contribution in [0.3, 0.4) is 0 Å². The molecule has 2 aromatic carbocycles. The Hall–Kier alpha value is -2.08. The van der Waals surface area contributed by atoms with E-state index in [2.05, 4.69) is 22.5 Å². The molecular formula is C28H35Cl2N3O2. The maximum atomic E-state index is 14.0. The largest absolute Gasteiger partial charge is 0.350 e. The maximum absolute atomic E-state index is 14.0. The zero-order chi connectivity index (χ0) is 25.2. The highest BCUT2D eigenvalue weighted by molar-refractivity contribution is 6.31. The number of nitrogens with one attached hydrogen (secondary N) is 2. The molecule has 2 amide bonds. The fourth-order valence-electron chi connectivity index (χ4n) is 5.46. The first kappa shape index (κ1) is 26.0. The third-order valence-electron chi connectivity index (χ3n) is 7.58. The van der Waals surface area contributed by atoms with Gasteiger partial charge in [0, 0.05) is 39.3 Å². The number of halogens is 2. The van der Waals surface area contributed by atoms with Crippen LogP contribution in [0.5, 0.6) is 0 Å². The average molecular weight is 517 g/mol. The summed E-state index contributed by atoms with van der Waals surface area (Å²) in [6.45, 7) is 6.25. The minimum atomic E-state index is -1.04. The van der Waals surface area contributed by atoms with Gasteiger partial charge in [-0.15, -0.1) is 0 Å². The molecule has 1 aliphatic carbocycles. The van der Waals surface area contributed by atoms with Gasteiger partial charge < -0.3 is 10.6 Å². The third kappa shape index (κ3) is 5.52. The predicted molar refractivity (Wildman–Crippen MR) is 143 cm³/mol. The summed E-state index contributed by atoms with van der Waals surface area (Å²) < 4.78 is 0. The second-order valence-corrected chi connectivity index (χ2v) is 11.4. The van der Waals surface area contributed by atoms with Crippen LogP contribution in [0.1, 0.15) is 70.4 Å². The van der Waals surface area contributed by atoms with Crippen LogP contribution >= 0.6 is 23.2 Å². The minimum absolute atomic E-state index is 0.0666. The Bertz CT molecular complexity index is 1100. The first-order valence-electron chi connectivity index (χ1n) is 12.6. The van der Waals surface area contributed by atoms with Crippen LogP contribution in [-0.2, 0) is 21.5 Å². The lowest BCUT2D eigenvalue weighted by molar-refractivity contribution is -0.135. The summed E-state index contributed by atoms with van der Waals surface area (Å²) in [5.41, 5.74) is 1.16. The van der Waals surface area contributed by atoms with Gasteiger partial charge in [0.1, 0.15) is 5.54 Å². The van der Waals surface area contributed by atoms with Crippen molar-refractivity contribution in [1.82, 2.24) is 10.2 Å². The van der Waals surface area contributed by atoms with Gasteiger partial charge in [-0.3, -0.25) is 14.5 Å². The molecule has 1 aliphatic heterocycles. The fraction of sp³-hybridized carbons (Fsp3) is 0.500. The fourth-order valence-corrected chi connectivity index (χ4v) is 5.85. The van der Waals surface area contributed by atoms with Gasteiger partial charge in [0.15, 0.2) is 0 Å². The molecule has 1 unspecified atom stereocenters. The predicted octanol–water partition coefficient (Wildman–Crippen LogP) is 6.32. The van der Waals surface area contributed by atoms with E-state index in [9.17, 15) is 9.59 Å². The van der Waals surface area contributed by atoms with Gasteiger partial charge in [0.05, 0.1) is 6.54 Å². The van der Waals surface area contributed by atoms with E-state index in [1.165, 1.54) is 6.42 Å². The molecule has 7 heteroatoms. The summed E-state index contributed by atoms with van der Waals surface area (Å²) in [4.78, 5) is 29.6. The Kier molecular flexibility index (Phi) is 7.80. The van der Waals surface area contributed by atoms with Crippen molar-refractivity contribution < 1.29 is 9.59 Å². The lowest BCUT2D eigenvalue weighted by atomic mass is 9.80. The van der Waals surface area contributed by atoms with Crippen molar-refractivity contribution in [2.75, 3.05) is 11.9 Å². The second kappa shape index (κ2) is 10.5. The van der Waals surface area contributed by atoms with Crippen molar-refractivity contribution in [1.29, 1.82) is 0 Å². The van der Waals surface area contributed by atoms with Crippen LogP contribution in [0.4, 0.5) is 5.69 Å². The van der Waals surface area contributed by atoms with Crippen molar-refractivity contribution in [3.63, 3.8) is 0 Å². The average Bonchev–Trinajstić information content (AvgIpc) is 3.08. The number of benzene rings is 2. The number of rotatable bonds is 8. The summed E-state index contributed by atoms with van der Waals surface area (Å²) in [6, 6.07) is 13.3. The van der Waals surface area contributed by atoms with Crippen LogP contribution in [-0.4, -0.2) is 34.8 Å². The molecule has 1 heterocycles. The number of nitrogens with zero attached hydrogens (tertiary/aromatic N) is 1. The van der Waals surface area contributed by atoms with E-state index in [1.54, 1.807) is 6.07 Å². The summed E-state index contributed by atoms with van der Waals surface area (Å²) >= 11 is 12.6. The standard InChI is InChI=1S/C28H35Cl2N3O2/c1-4-27(2,3)32-25(34)18-33(22-11-6-5-7-12-22)28(17-19-9-8-10-20(29)15-19)23-14-13-21(30)16-24(23)31-26(28)35/h8-10,13-16,22H,4-7,11-12,17-18H2,1-3H3,(H,31,35)(H,32,34). The lowest BCUT2D eigenvalue weighted by Crippen LogP contribution is -2.60. The van der Waals surface area contributed by atoms with Crippen LogP contribution < -0.4 is 10.6 Å². The summed E-state index contributed by atoms with van der Waals surface area (Å²) in [5.74, 6) is -0.189. The van der Waals surface area contributed by atoms with Crippen molar-refractivity contribution in [2.45, 2.75) is 82.8 Å². The summed E-state index contributed by atoms with van der Waals surface area (Å²) in [5, 5.41) is 7.46. The van der Waals surface area contributed by atoms with Gasteiger partial charge >= 0.3 is 0 Å². The van der Waals surface area contributed by atoms with Crippen LogP contribution in [0.25, 0.3) is 0 Å². The Balaban J connectivity index is 1.83. The molecule has 1 atom stereocenters. The lowest BCUT2D eigenvalue weighted by Gasteiger charge is -2.46. The molecule has 2 aliphatic rings. The normalized spacial score (nSPS) is 20.6. The third-order valence-corrected chi connectivity index (χ3v) is 8.05. The first-order valence-corrected chi connectivity index (χ1v) is 13.3. The molecule has 0 radical (unpaired) electrons. The Morgan fingerprint density at radius 2 is 1.83 bits per heavy atom. The molecule has 2 N–H and O–H groups in total. The number of hydrogen-bond acceptors (Lipinski definition) is 3. The molecular weight excluding hydrogens is 481 g/mol. The monoisotopic (exact) mass is 515 g/mol. The minimum Gasteiger partial charge on any atom is -0.350 e. The van der Waals surface area contributed by atoms with Crippen LogP contribution in [0, 0.1) is 0 Å². The van der Waals surface area contributed by atoms with Crippen molar-refractivity contribution in [3.8, 4) is 0 Å². The number of carbonyl (C=O) groups excluding carboxylic acids is 2. The number of anilines is 1. The molecule has 2 aromatic rings. The highest BCUT2D eigenvalue weighted by Crippen LogP contribution is 2.46. The van der Waals surface area contributed by atoms with E-state index in [0.717, 1.165) is 43.2 Å². The zero-order valence-corrected chi connectivity index (χ0v) is 22.3. The molecule has 0 bridgehead atoms. The van der Waals surface area contributed by atoms with E-state index in [0.29, 0.717) is 22.2 Å². The first-order chi connectivity index (χ1) is 16.6. The van der Waals surface area contributed by atoms with E-state index in [1.807, 2.05) is 50.2 Å². The van der Waals surface area contributed by atoms with Crippen molar-refractivity contribution in [3.05, 3.63) is 63.6 Å². The smallest absolute Gasteiger partial charge is 0.249 e. The van der Waals surface area contributed by atoms with Crippen molar-refractivity contribution in [2.24, 2.45) is 0 Å². The summed E-state index contributed by atoms with van der Waals surface area (Å²) in [6.07, 6.45) is 6.50. The molecule has 188 valence electrons.